The van der Waals surface area contributed by atoms with E-state index in [1.54, 1.807) is 0 Å². The quantitative estimate of drug-likeness (QED) is 0.106. The minimum Gasteiger partial charge on any atom is -0.184 e. The fourth-order valence-electron chi connectivity index (χ4n) is 8.16. The molecule has 2 unspecified atom stereocenters. The molecule has 1 heterocycles. The average Bonchev–Trinajstić information content (AvgIpc) is 3.99. The minimum atomic E-state index is 0. The van der Waals surface area contributed by atoms with Crippen molar-refractivity contribution < 1.29 is 26.2 Å². The van der Waals surface area contributed by atoms with Gasteiger partial charge in [-0.25, -0.2) is 0 Å². The van der Waals surface area contributed by atoms with Gasteiger partial charge < -0.3 is 0 Å². The van der Waals surface area contributed by atoms with E-state index in [9.17, 15) is 0 Å². The van der Waals surface area contributed by atoms with Crippen LogP contribution in [0, 0.1) is 6.07 Å². The van der Waals surface area contributed by atoms with Crippen LogP contribution in [0.5, 0.6) is 0 Å². The van der Waals surface area contributed by atoms with E-state index in [1.165, 1.54) is 100 Å². The standard InChI is InChI=1S/2C22H25.C12H7Si.Zr/c2*1-5-16(4)19-10-6-7-11-20(19)21-12-8-9-17-13-18(15(2)3)14-22(17)21;1-3-7-11-9(5-1)10-6-2-4-8-12(10)13-11;/h2*6-16H,5H2,1-4H3;1-7H;/q3*-1;+3. The average molecular weight is 849 g/mol. The molecule has 0 aromatic heterocycles. The Morgan fingerprint density at radius 2 is 0.914 bits per heavy atom. The van der Waals surface area contributed by atoms with Crippen LogP contribution in [0.4, 0.5) is 0 Å². The van der Waals surface area contributed by atoms with Crippen molar-refractivity contribution in [3.8, 4) is 33.4 Å². The Morgan fingerprint density at radius 3 is 1.40 bits per heavy atom. The smallest absolute Gasteiger partial charge is 0.184 e. The predicted molar refractivity (Wildman–Crippen MR) is 251 cm³/mol. The Kier molecular flexibility index (Phi) is 14.6. The van der Waals surface area contributed by atoms with E-state index in [4.69, 9.17) is 0 Å². The molecule has 0 aliphatic carbocycles. The summed E-state index contributed by atoms with van der Waals surface area (Å²) in [6.07, 6.45) is 2.34. The largest absolute Gasteiger partial charge is 3.00 e. The SMILES string of the molecule is CCC(C)c1ccccc1-c1cccc2[cH-]c(C(C)C)cc12.CCC(C)c1ccccc1-c1cccc2[cH-]c(C(C)C)cc12.[Zr+3].[c-]1cccc2c1[Si]c1ccccc1-2. The van der Waals surface area contributed by atoms with Crippen molar-refractivity contribution >= 4 is 41.4 Å². The predicted octanol–water partition coefficient (Wildman–Crippen LogP) is 14.8. The number of hydrogen-bond donors (Lipinski definition) is 0. The van der Waals surface area contributed by atoms with E-state index >= 15 is 0 Å². The second kappa shape index (κ2) is 19.6. The molecule has 0 fully saturated rings. The summed E-state index contributed by atoms with van der Waals surface area (Å²) in [5.41, 5.74) is 14.1. The van der Waals surface area contributed by atoms with Gasteiger partial charge in [0.15, 0.2) is 0 Å². The van der Waals surface area contributed by atoms with Crippen LogP contribution in [-0.2, 0) is 26.2 Å². The first-order valence-electron chi connectivity index (χ1n) is 21.1. The van der Waals surface area contributed by atoms with Gasteiger partial charge in [0.1, 0.15) is 0 Å². The normalized spacial score (nSPS) is 12.6. The zero-order valence-corrected chi connectivity index (χ0v) is 39.1. The van der Waals surface area contributed by atoms with Gasteiger partial charge in [0.25, 0.3) is 0 Å². The fourth-order valence-corrected chi connectivity index (χ4v) is 9.47. The number of fused-ring (bicyclic) bond motifs is 5. The van der Waals surface area contributed by atoms with Crippen molar-refractivity contribution in [2.75, 3.05) is 0 Å². The van der Waals surface area contributed by atoms with E-state index in [0.29, 0.717) is 23.7 Å². The van der Waals surface area contributed by atoms with Crippen LogP contribution in [0.25, 0.3) is 54.9 Å². The fraction of sp³-hybridized carbons (Fsp3) is 0.250. The third kappa shape index (κ3) is 9.25. The van der Waals surface area contributed by atoms with Crippen molar-refractivity contribution in [1.29, 1.82) is 0 Å². The molecule has 2 atom stereocenters. The van der Waals surface area contributed by atoms with Crippen LogP contribution in [0.3, 0.4) is 0 Å². The zero-order chi connectivity index (χ0) is 40.1. The third-order valence-corrected chi connectivity index (χ3v) is 13.4. The Morgan fingerprint density at radius 1 is 0.483 bits per heavy atom. The molecule has 0 N–H and O–H groups in total. The van der Waals surface area contributed by atoms with Crippen LogP contribution < -0.4 is 10.4 Å². The first kappa shape index (κ1) is 43.2. The van der Waals surface area contributed by atoms with Crippen molar-refractivity contribution in [2.45, 2.75) is 91.9 Å². The van der Waals surface area contributed by atoms with E-state index in [0.717, 1.165) is 9.52 Å². The topological polar surface area (TPSA) is 0 Å². The van der Waals surface area contributed by atoms with Crippen LogP contribution in [-0.4, -0.2) is 9.52 Å². The summed E-state index contributed by atoms with van der Waals surface area (Å²) >= 11 is 0. The summed E-state index contributed by atoms with van der Waals surface area (Å²) in [4.78, 5) is 0. The van der Waals surface area contributed by atoms with Gasteiger partial charge in [0.05, 0.1) is 9.52 Å². The molecular formula is C56H57SiZr. The van der Waals surface area contributed by atoms with Crippen molar-refractivity contribution in [3.63, 3.8) is 0 Å². The van der Waals surface area contributed by atoms with Crippen LogP contribution in [0.1, 0.15) is 114 Å². The van der Waals surface area contributed by atoms with Crippen molar-refractivity contribution in [3.05, 3.63) is 180 Å². The summed E-state index contributed by atoms with van der Waals surface area (Å²) in [7, 11) is 0.795. The molecule has 1 aliphatic heterocycles. The molecule has 9 rings (SSSR count). The van der Waals surface area contributed by atoms with E-state index in [2.05, 4.69) is 207 Å². The molecule has 289 valence electrons. The number of rotatable bonds is 8. The summed E-state index contributed by atoms with van der Waals surface area (Å²) < 4.78 is 0. The molecule has 0 amide bonds. The molecule has 58 heavy (non-hydrogen) atoms. The zero-order valence-electron chi connectivity index (χ0n) is 35.7. The van der Waals surface area contributed by atoms with Crippen LogP contribution in [0.15, 0.2) is 152 Å². The molecule has 0 bridgehead atoms. The Labute approximate surface area is 370 Å². The molecule has 0 saturated carbocycles. The maximum absolute atomic E-state index is 3.31. The van der Waals surface area contributed by atoms with Gasteiger partial charge in [-0.05, 0) is 58.8 Å². The summed E-state index contributed by atoms with van der Waals surface area (Å²) in [5.74, 6) is 2.33. The Bertz CT molecular complexity index is 2400. The maximum atomic E-state index is 3.31. The number of hydrogen-bond acceptors (Lipinski definition) is 0. The minimum absolute atomic E-state index is 0. The molecule has 0 saturated heterocycles. The first-order valence-corrected chi connectivity index (χ1v) is 22.1. The maximum Gasteiger partial charge on any atom is 3.00 e. The molecule has 8 aromatic carbocycles. The summed E-state index contributed by atoms with van der Waals surface area (Å²) in [6, 6.07) is 58.8. The molecule has 0 spiro atoms. The molecule has 1 aliphatic rings. The van der Waals surface area contributed by atoms with Gasteiger partial charge in [0, 0.05) is 0 Å². The van der Waals surface area contributed by atoms with Gasteiger partial charge in [-0.15, -0.1) is 74.6 Å². The second-order valence-electron chi connectivity index (χ2n) is 16.4. The van der Waals surface area contributed by atoms with E-state index in [1.807, 2.05) is 6.07 Å². The second-order valence-corrected chi connectivity index (χ2v) is 17.7. The van der Waals surface area contributed by atoms with Crippen molar-refractivity contribution in [1.82, 2.24) is 0 Å². The van der Waals surface area contributed by atoms with E-state index in [-0.39, 0.29) is 26.2 Å². The molecule has 8 aromatic rings. The molecule has 2 heteroatoms. The molecule has 3 radical (unpaired) electrons. The summed E-state index contributed by atoms with van der Waals surface area (Å²) in [5, 5.41) is 8.33. The third-order valence-electron chi connectivity index (χ3n) is 12.0. The van der Waals surface area contributed by atoms with Gasteiger partial charge >= 0.3 is 26.2 Å². The van der Waals surface area contributed by atoms with Crippen molar-refractivity contribution in [2.24, 2.45) is 0 Å². The molecule has 0 nitrogen and oxygen atoms in total. The van der Waals surface area contributed by atoms with Gasteiger partial charge in [-0.3, -0.25) is 0 Å². The van der Waals surface area contributed by atoms with Crippen LogP contribution in [0.2, 0.25) is 0 Å². The van der Waals surface area contributed by atoms with Gasteiger partial charge in [-0.2, -0.15) is 41.6 Å². The van der Waals surface area contributed by atoms with E-state index < -0.39 is 0 Å². The molecular weight excluding hydrogens is 792 g/mol. The van der Waals surface area contributed by atoms with Crippen LogP contribution >= 0.6 is 0 Å². The number of benzene rings is 6. The summed E-state index contributed by atoms with van der Waals surface area (Å²) in [6.45, 7) is 18.2. The van der Waals surface area contributed by atoms with Gasteiger partial charge in [0.2, 0.25) is 0 Å². The Hall–Kier alpha value is -4.36. The Balaban J connectivity index is 0.000000150. The monoisotopic (exact) mass is 847 g/mol. The van der Waals surface area contributed by atoms with Gasteiger partial charge in [-0.1, -0.05) is 162 Å². The first-order chi connectivity index (χ1) is 27.7.